The zero-order valence-electron chi connectivity index (χ0n) is 37.2. The fourth-order valence-corrected chi connectivity index (χ4v) is 10.3. The molecule has 0 unspecified atom stereocenters. The third kappa shape index (κ3) is 8.25. The summed E-state index contributed by atoms with van der Waals surface area (Å²) in [5.74, 6) is 1.47. The van der Waals surface area contributed by atoms with Crippen LogP contribution in [0.1, 0.15) is 124 Å². The number of piperidine rings is 1. The SMILES string of the molecule is CCN1/C(=C/C=C2\CCCC(/C=C/C3=[N+](CC)c4ccccc4C3(C)C)=C2Oc2ccc(CCC(=O)OC3CC(C)(C)N([O])C(C)(C)C3)cc2)C(C)(C)c2ccccc21. The molecule has 3 aromatic carbocycles. The van der Waals surface area contributed by atoms with Gasteiger partial charge in [0.25, 0.3) is 0 Å². The minimum Gasteiger partial charge on any atom is -0.462 e. The number of aryl methyl sites for hydroxylation is 1. The van der Waals surface area contributed by atoms with Gasteiger partial charge in [0.1, 0.15) is 24.2 Å². The lowest BCUT2D eigenvalue weighted by molar-refractivity contribution is -0.433. The molecule has 0 bridgehead atoms. The Morgan fingerprint density at radius 1 is 0.797 bits per heavy atom. The van der Waals surface area contributed by atoms with Gasteiger partial charge in [-0.1, -0.05) is 68.5 Å². The molecule has 311 valence electrons. The van der Waals surface area contributed by atoms with Gasteiger partial charge in [-0.05, 0) is 134 Å². The Kier molecular flexibility index (Phi) is 11.8. The number of nitrogens with zero attached hydrogens (tertiary/aromatic N) is 3. The Morgan fingerprint density at radius 3 is 2.14 bits per heavy atom. The van der Waals surface area contributed by atoms with Crippen molar-refractivity contribution < 1.29 is 24.1 Å². The highest BCUT2D eigenvalue weighted by molar-refractivity contribution is 6.03. The molecule has 1 aliphatic carbocycles. The summed E-state index contributed by atoms with van der Waals surface area (Å²) < 4.78 is 15.3. The molecule has 3 heterocycles. The van der Waals surface area contributed by atoms with E-state index in [1.165, 1.54) is 45.1 Å². The molecule has 3 aliphatic heterocycles. The highest BCUT2D eigenvalue weighted by Crippen LogP contribution is 2.48. The van der Waals surface area contributed by atoms with Gasteiger partial charge in [0.15, 0.2) is 5.71 Å². The monoisotopic (exact) mass is 795 g/mol. The number of esters is 1. The van der Waals surface area contributed by atoms with Crippen molar-refractivity contribution in [1.82, 2.24) is 5.06 Å². The molecular weight excluding hydrogens is 731 g/mol. The van der Waals surface area contributed by atoms with E-state index in [9.17, 15) is 10.0 Å². The second-order valence-corrected chi connectivity index (χ2v) is 19.1. The molecule has 7 nitrogen and oxygen atoms in total. The standard InChI is InChI=1S/C52H65N3O4/c1-11-53-43-22-15-13-20-41(43)51(7,8)45(53)31-27-37-18-17-19-38(28-32-46-52(9,10)42-21-14-16-23-44(42)54(46)12-2)48(37)59-39-29-24-36(25-30-39)26-33-47(56)58-40-34-49(3,4)55(57)50(5,6)35-40/h13-16,20-25,27-32,40H,11-12,17-19,26,33-35H2,1-10H3/q+1. The maximum absolute atomic E-state index is 13.0. The van der Waals surface area contributed by atoms with E-state index in [0.717, 1.165) is 54.5 Å². The van der Waals surface area contributed by atoms with Crippen molar-refractivity contribution in [3.63, 3.8) is 0 Å². The van der Waals surface area contributed by atoms with Crippen LogP contribution >= 0.6 is 0 Å². The second kappa shape index (κ2) is 16.4. The van der Waals surface area contributed by atoms with Crippen molar-refractivity contribution in [2.45, 2.75) is 142 Å². The number of carbonyl (C=O) groups is 1. The van der Waals surface area contributed by atoms with E-state index in [4.69, 9.17) is 9.47 Å². The predicted molar refractivity (Wildman–Crippen MR) is 239 cm³/mol. The van der Waals surface area contributed by atoms with Gasteiger partial charge >= 0.3 is 5.97 Å². The molecule has 0 aromatic heterocycles. The average Bonchev–Trinajstić information content (AvgIpc) is 3.56. The molecule has 0 N–H and O–H groups in total. The number of likely N-dealkylation sites (N-methyl/N-ethyl adjacent to an activating group) is 1. The summed E-state index contributed by atoms with van der Waals surface area (Å²) in [5.41, 5.74) is 9.88. The van der Waals surface area contributed by atoms with Gasteiger partial charge < -0.3 is 14.4 Å². The van der Waals surface area contributed by atoms with Crippen LogP contribution in [0.25, 0.3) is 0 Å². The number of anilines is 1. The number of para-hydroxylation sites is 2. The lowest BCUT2D eigenvalue weighted by Crippen LogP contribution is -2.60. The van der Waals surface area contributed by atoms with Gasteiger partial charge in [-0.15, -0.1) is 10.3 Å². The smallest absolute Gasteiger partial charge is 0.306 e. The molecule has 1 saturated heterocycles. The number of rotatable bonds is 11. The van der Waals surface area contributed by atoms with Gasteiger partial charge in [-0.25, -0.2) is 0 Å². The minimum absolute atomic E-state index is 0.126. The maximum atomic E-state index is 13.0. The Morgan fingerprint density at radius 2 is 1.46 bits per heavy atom. The van der Waals surface area contributed by atoms with Gasteiger partial charge in [-0.2, -0.15) is 4.58 Å². The molecule has 7 heteroatoms. The van der Waals surface area contributed by atoms with Crippen LogP contribution in [0.5, 0.6) is 5.75 Å². The molecule has 4 aliphatic rings. The Bertz CT molecular complexity index is 2210. The summed E-state index contributed by atoms with van der Waals surface area (Å²) in [6, 6.07) is 25.7. The lowest BCUT2D eigenvalue weighted by Gasteiger charge is -2.49. The molecular formula is C52H65N3O4+. The summed E-state index contributed by atoms with van der Waals surface area (Å²) >= 11 is 0. The topological polar surface area (TPSA) is 64.9 Å². The minimum atomic E-state index is -0.583. The first-order valence-corrected chi connectivity index (χ1v) is 21.9. The lowest BCUT2D eigenvalue weighted by atomic mass is 9.80. The first kappa shape index (κ1) is 42.4. The first-order valence-electron chi connectivity index (χ1n) is 21.9. The van der Waals surface area contributed by atoms with E-state index in [2.05, 4.69) is 136 Å². The van der Waals surface area contributed by atoms with Gasteiger partial charge in [0.2, 0.25) is 5.69 Å². The number of allylic oxidation sites excluding steroid dienone is 7. The number of benzene rings is 3. The number of hydroxylamine groups is 2. The van der Waals surface area contributed by atoms with E-state index in [0.29, 0.717) is 19.3 Å². The fraction of sp³-hybridized carbons (Fsp3) is 0.462. The molecule has 3 aromatic rings. The van der Waals surface area contributed by atoms with Gasteiger partial charge in [-0.3, -0.25) is 4.79 Å². The van der Waals surface area contributed by atoms with Crippen molar-refractivity contribution in [3.8, 4) is 5.75 Å². The van der Waals surface area contributed by atoms with Crippen molar-refractivity contribution in [3.05, 3.63) is 136 Å². The molecule has 0 spiro atoms. The number of carbonyl (C=O) groups excluding carboxylic acids is 1. The van der Waals surface area contributed by atoms with E-state index < -0.39 is 11.1 Å². The van der Waals surface area contributed by atoms with Gasteiger partial charge in [0, 0.05) is 71.4 Å². The van der Waals surface area contributed by atoms with Crippen molar-refractivity contribution in [2.24, 2.45) is 0 Å². The van der Waals surface area contributed by atoms with E-state index in [-0.39, 0.29) is 29.3 Å². The summed E-state index contributed by atoms with van der Waals surface area (Å²) in [6.07, 6.45) is 13.8. The molecule has 7 rings (SSSR count). The zero-order chi connectivity index (χ0) is 42.3. The normalized spacial score (nSPS) is 22.4. The molecule has 0 amide bonds. The van der Waals surface area contributed by atoms with Crippen molar-refractivity contribution in [1.29, 1.82) is 0 Å². The Hall–Kier alpha value is -4.72. The van der Waals surface area contributed by atoms with Crippen molar-refractivity contribution in [2.75, 3.05) is 18.0 Å². The second-order valence-electron chi connectivity index (χ2n) is 19.1. The fourth-order valence-electron chi connectivity index (χ4n) is 10.3. The van der Waals surface area contributed by atoms with E-state index >= 15 is 0 Å². The molecule has 0 saturated carbocycles. The van der Waals surface area contributed by atoms with Gasteiger partial charge in [0.05, 0.1) is 5.41 Å². The summed E-state index contributed by atoms with van der Waals surface area (Å²) in [4.78, 5) is 15.5. The van der Waals surface area contributed by atoms with Crippen LogP contribution in [0.2, 0.25) is 0 Å². The van der Waals surface area contributed by atoms with Crippen LogP contribution in [-0.4, -0.2) is 51.6 Å². The number of hydrogen-bond donors (Lipinski definition) is 0. The van der Waals surface area contributed by atoms with Crippen molar-refractivity contribution >= 4 is 23.1 Å². The summed E-state index contributed by atoms with van der Waals surface area (Å²) in [5, 5.41) is 14.0. The first-order chi connectivity index (χ1) is 28.0. The highest BCUT2D eigenvalue weighted by Gasteiger charge is 2.48. The van der Waals surface area contributed by atoms with Crippen LogP contribution < -0.4 is 9.64 Å². The van der Waals surface area contributed by atoms with E-state index in [1.807, 2.05) is 39.8 Å². The molecule has 1 fully saturated rings. The third-order valence-electron chi connectivity index (χ3n) is 13.2. The Balaban J connectivity index is 1.16. The highest BCUT2D eigenvalue weighted by atomic mass is 16.5. The quantitative estimate of drug-likeness (QED) is 0.143. The Labute approximate surface area is 353 Å². The van der Waals surface area contributed by atoms with Crippen LogP contribution in [-0.2, 0) is 32.0 Å². The number of fused-ring (bicyclic) bond motifs is 2. The predicted octanol–water partition coefficient (Wildman–Crippen LogP) is 11.6. The van der Waals surface area contributed by atoms with Crippen LogP contribution in [0, 0.1) is 0 Å². The largest absolute Gasteiger partial charge is 0.462 e. The maximum Gasteiger partial charge on any atom is 0.306 e. The number of ether oxygens (including phenoxy) is 2. The van der Waals surface area contributed by atoms with E-state index in [1.54, 1.807) is 0 Å². The van der Waals surface area contributed by atoms with Crippen LogP contribution in [0.3, 0.4) is 0 Å². The summed E-state index contributed by atoms with van der Waals surface area (Å²) in [7, 11) is 0. The van der Waals surface area contributed by atoms with Crippen LogP contribution in [0.4, 0.5) is 11.4 Å². The molecule has 59 heavy (non-hydrogen) atoms. The average molecular weight is 796 g/mol. The molecule has 0 atom stereocenters. The summed E-state index contributed by atoms with van der Waals surface area (Å²) in [6.45, 7) is 23.2. The molecule has 1 radical (unpaired) electrons. The van der Waals surface area contributed by atoms with Crippen LogP contribution in [0.15, 0.2) is 120 Å². The third-order valence-corrected chi connectivity index (χ3v) is 13.2. The zero-order valence-corrected chi connectivity index (χ0v) is 37.2. The number of hydrogen-bond acceptors (Lipinski definition) is 5.